The van der Waals surface area contributed by atoms with Gasteiger partial charge in [-0.2, -0.15) is 5.26 Å². The largest absolute Gasteiger partial charge is 0.243 e. The molecule has 0 spiro atoms. The zero-order valence-electron chi connectivity index (χ0n) is 10.8. The monoisotopic (exact) mass is 274 g/mol. The van der Waals surface area contributed by atoms with E-state index in [1.165, 1.54) is 0 Å². The number of benzene rings is 1. The van der Waals surface area contributed by atoms with Crippen LogP contribution < -0.4 is 0 Å². The van der Waals surface area contributed by atoms with E-state index in [0.717, 1.165) is 37.1 Å². The van der Waals surface area contributed by atoms with Crippen LogP contribution in [0.5, 0.6) is 0 Å². The molecule has 0 unspecified atom stereocenters. The Bertz CT molecular complexity index is 580. The number of hydrogen-bond donors (Lipinski definition) is 0. The van der Waals surface area contributed by atoms with E-state index in [9.17, 15) is 0 Å². The summed E-state index contributed by atoms with van der Waals surface area (Å²) in [6.45, 7) is 2.93. The number of nitriles is 1. The predicted octanol–water partition coefficient (Wildman–Crippen LogP) is 3.66. The first-order chi connectivity index (χ1) is 9.26. The Kier molecular flexibility index (Phi) is 4.53. The zero-order chi connectivity index (χ0) is 13.7. The van der Waals surface area contributed by atoms with Crippen molar-refractivity contribution in [2.75, 3.05) is 0 Å². The molecule has 0 aliphatic rings. The number of aromatic nitrogens is 3. The lowest BCUT2D eigenvalue weighted by atomic mass is 10.1. The van der Waals surface area contributed by atoms with E-state index in [2.05, 4.69) is 23.3 Å². The van der Waals surface area contributed by atoms with Crippen molar-refractivity contribution in [2.24, 2.45) is 0 Å². The molecule has 0 N–H and O–H groups in total. The van der Waals surface area contributed by atoms with Crippen molar-refractivity contribution in [1.82, 2.24) is 15.0 Å². The zero-order valence-corrected chi connectivity index (χ0v) is 11.6. The third-order valence-electron chi connectivity index (χ3n) is 2.93. The van der Waals surface area contributed by atoms with Gasteiger partial charge in [0.2, 0.25) is 0 Å². The van der Waals surface area contributed by atoms with Gasteiger partial charge in [0.05, 0.1) is 0 Å². The number of hydrogen-bond acceptors (Lipinski definition) is 3. The summed E-state index contributed by atoms with van der Waals surface area (Å²) in [5, 5.41) is 17.8. The molecule has 0 fully saturated rings. The van der Waals surface area contributed by atoms with E-state index < -0.39 is 0 Å². The Morgan fingerprint density at radius 2 is 2.00 bits per heavy atom. The van der Waals surface area contributed by atoms with Crippen molar-refractivity contribution >= 4 is 11.6 Å². The summed E-state index contributed by atoms with van der Waals surface area (Å²) in [6.07, 6.45) is 3.32. The first-order valence-corrected chi connectivity index (χ1v) is 6.73. The maximum Gasteiger partial charge on any atom is 0.190 e. The first-order valence-electron chi connectivity index (χ1n) is 6.35. The van der Waals surface area contributed by atoms with Crippen LogP contribution in [0.1, 0.15) is 31.9 Å². The number of rotatable bonds is 5. The molecule has 4 nitrogen and oxygen atoms in total. The molecule has 1 aromatic carbocycles. The van der Waals surface area contributed by atoms with Gasteiger partial charge in [-0.1, -0.05) is 48.7 Å². The van der Waals surface area contributed by atoms with Crippen molar-refractivity contribution in [3.8, 4) is 17.3 Å². The number of aryl methyl sites for hydroxylation is 1. The van der Waals surface area contributed by atoms with Crippen LogP contribution in [0.25, 0.3) is 11.3 Å². The van der Waals surface area contributed by atoms with E-state index in [1.807, 2.05) is 12.1 Å². The van der Waals surface area contributed by atoms with Gasteiger partial charge in [0.25, 0.3) is 0 Å². The Morgan fingerprint density at radius 1 is 1.26 bits per heavy atom. The van der Waals surface area contributed by atoms with Gasteiger partial charge in [0.15, 0.2) is 5.69 Å². The molecule has 2 rings (SSSR count). The lowest BCUT2D eigenvalue weighted by molar-refractivity contribution is 0.541. The van der Waals surface area contributed by atoms with Gasteiger partial charge in [-0.05, 0) is 18.6 Å². The van der Waals surface area contributed by atoms with Crippen molar-refractivity contribution in [3.05, 3.63) is 35.0 Å². The lowest BCUT2D eigenvalue weighted by Crippen LogP contribution is -2.03. The van der Waals surface area contributed by atoms with Crippen LogP contribution in [0, 0.1) is 11.3 Å². The van der Waals surface area contributed by atoms with E-state index in [-0.39, 0.29) is 0 Å². The molecule has 0 radical (unpaired) electrons. The van der Waals surface area contributed by atoms with E-state index in [1.54, 1.807) is 16.8 Å². The molecule has 0 amide bonds. The summed E-state index contributed by atoms with van der Waals surface area (Å²) in [6, 6.07) is 9.48. The minimum atomic E-state index is 0.360. The van der Waals surface area contributed by atoms with Gasteiger partial charge in [-0.3, -0.25) is 0 Å². The molecule has 0 bridgehead atoms. The Hall–Kier alpha value is -1.86. The third kappa shape index (κ3) is 3.12. The molecule has 1 aromatic heterocycles. The van der Waals surface area contributed by atoms with Gasteiger partial charge < -0.3 is 0 Å². The molecule has 0 aliphatic carbocycles. The first kappa shape index (κ1) is 13.6. The normalized spacial score (nSPS) is 10.4. The Balaban J connectivity index is 2.34. The Labute approximate surface area is 117 Å². The van der Waals surface area contributed by atoms with Crippen LogP contribution in [-0.4, -0.2) is 15.0 Å². The molecule has 5 heteroatoms. The quantitative estimate of drug-likeness (QED) is 0.782. The average molecular weight is 275 g/mol. The second-order valence-electron chi connectivity index (χ2n) is 4.34. The average Bonchev–Trinajstić information content (AvgIpc) is 2.83. The molecule has 1 heterocycles. The fraction of sp³-hybridized carbons (Fsp3) is 0.357. The third-order valence-corrected chi connectivity index (χ3v) is 3.18. The summed E-state index contributed by atoms with van der Waals surface area (Å²) in [7, 11) is 0. The number of halogens is 1. The molecule has 0 saturated carbocycles. The maximum atomic E-state index is 9.13. The fourth-order valence-electron chi connectivity index (χ4n) is 1.95. The summed E-state index contributed by atoms with van der Waals surface area (Å²) in [5.74, 6) is 0. The van der Waals surface area contributed by atoms with E-state index >= 15 is 0 Å². The van der Waals surface area contributed by atoms with E-state index in [0.29, 0.717) is 10.7 Å². The van der Waals surface area contributed by atoms with Crippen molar-refractivity contribution in [1.29, 1.82) is 5.26 Å². The van der Waals surface area contributed by atoms with Crippen LogP contribution in [0.4, 0.5) is 0 Å². The highest BCUT2D eigenvalue weighted by Crippen LogP contribution is 2.24. The van der Waals surface area contributed by atoms with Crippen LogP contribution in [0.2, 0.25) is 5.02 Å². The predicted molar refractivity (Wildman–Crippen MR) is 74.7 cm³/mol. The maximum absolute atomic E-state index is 9.13. The van der Waals surface area contributed by atoms with Gasteiger partial charge in [0, 0.05) is 17.1 Å². The minimum absolute atomic E-state index is 0.360. The molecule has 2 aromatic rings. The summed E-state index contributed by atoms with van der Waals surface area (Å²) >= 11 is 5.89. The van der Waals surface area contributed by atoms with E-state index in [4.69, 9.17) is 16.9 Å². The molecular weight excluding hydrogens is 260 g/mol. The SMILES string of the molecule is CCCCCn1nnc(C#N)c1-c1ccc(Cl)cc1. The summed E-state index contributed by atoms with van der Waals surface area (Å²) < 4.78 is 1.80. The van der Waals surface area contributed by atoms with Crippen LogP contribution >= 0.6 is 11.6 Å². The number of nitrogens with zero attached hydrogens (tertiary/aromatic N) is 4. The summed E-state index contributed by atoms with van der Waals surface area (Å²) in [4.78, 5) is 0. The van der Waals surface area contributed by atoms with Crippen molar-refractivity contribution < 1.29 is 0 Å². The molecule has 0 saturated heterocycles. The van der Waals surface area contributed by atoms with Crippen molar-refractivity contribution in [2.45, 2.75) is 32.7 Å². The highest BCUT2D eigenvalue weighted by atomic mass is 35.5. The van der Waals surface area contributed by atoms with Crippen molar-refractivity contribution in [3.63, 3.8) is 0 Å². The van der Waals surface area contributed by atoms with Gasteiger partial charge in [-0.25, -0.2) is 4.68 Å². The standard InChI is InChI=1S/C14H15ClN4/c1-2-3-4-9-19-14(13(10-16)17-18-19)11-5-7-12(15)8-6-11/h5-8H,2-4,9H2,1H3. The fourth-order valence-corrected chi connectivity index (χ4v) is 2.08. The number of unbranched alkanes of at least 4 members (excludes halogenated alkanes) is 2. The van der Waals surface area contributed by atoms with Gasteiger partial charge in [0.1, 0.15) is 11.8 Å². The second kappa shape index (κ2) is 6.35. The van der Waals surface area contributed by atoms with Crippen LogP contribution in [0.15, 0.2) is 24.3 Å². The second-order valence-corrected chi connectivity index (χ2v) is 4.77. The summed E-state index contributed by atoms with van der Waals surface area (Å²) in [5.41, 5.74) is 2.05. The Morgan fingerprint density at radius 3 is 2.63 bits per heavy atom. The van der Waals surface area contributed by atoms with Gasteiger partial charge in [-0.15, -0.1) is 5.10 Å². The van der Waals surface area contributed by atoms with Gasteiger partial charge >= 0.3 is 0 Å². The van der Waals surface area contributed by atoms with Crippen LogP contribution in [0.3, 0.4) is 0 Å². The molecule has 98 valence electrons. The minimum Gasteiger partial charge on any atom is -0.243 e. The van der Waals surface area contributed by atoms with Crippen LogP contribution in [-0.2, 0) is 6.54 Å². The topological polar surface area (TPSA) is 54.5 Å². The highest BCUT2D eigenvalue weighted by Gasteiger charge is 2.14. The molecular formula is C14H15ClN4. The smallest absolute Gasteiger partial charge is 0.190 e. The molecule has 0 atom stereocenters. The lowest BCUT2D eigenvalue weighted by Gasteiger charge is -2.06. The highest BCUT2D eigenvalue weighted by molar-refractivity contribution is 6.30. The molecule has 19 heavy (non-hydrogen) atoms. The molecule has 0 aliphatic heterocycles.